The van der Waals surface area contributed by atoms with Crippen LogP contribution in [0.3, 0.4) is 0 Å². The summed E-state index contributed by atoms with van der Waals surface area (Å²) in [4.78, 5) is 4.20. The predicted octanol–water partition coefficient (Wildman–Crippen LogP) is 6.15. The van der Waals surface area contributed by atoms with Crippen LogP contribution in [0.5, 0.6) is 0 Å². The Labute approximate surface area is 169 Å². The smallest absolute Gasteiger partial charge is 0.0995 e. The maximum Gasteiger partial charge on any atom is 0.0995 e. The van der Waals surface area contributed by atoms with Crippen LogP contribution < -0.4 is 0 Å². The van der Waals surface area contributed by atoms with E-state index in [1.54, 1.807) is 12.5 Å². The number of fused-ring (bicyclic) bond motifs is 2. The number of nitrogens with zero attached hydrogens (tertiary/aromatic N) is 2. The Hall–Kier alpha value is -2.36. The number of pyridine rings is 1. The van der Waals surface area contributed by atoms with Gasteiger partial charge in [-0.25, -0.2) is 4.98 Å². The van der Waals surface area contributed by atoms with Crippen LogP contribution in [0, 0.1) is 5.92 Å². The molecule has 1 aliphatic rings. The van der Waals surface area contributed by atoms with Crippen LogP contribution in [0.4, 0.5) is 0 Å². The standard InChI is InChI=1S/C24H23ClN2O/c25-21-12-22-14-26-15-27(22)23(13-21)24(28)18-8-5-17(6-9-18)20-10-7-16-3-1-2-4-19(16)11-20/h1-4,7,10-15,17-18,24,28H,5-6,8-9H2/t17?,18?,24-/m1/s1. The molecule has 3 nitrogen and oxygen atoms in total. The lowest BCUT2D eigenvalue weighted by Gasteiger charge is -2.32. The van der Waals surface area contributed by atoms with Crippen molar-refractivity contribution in [3.05, 3.63) is 83.4 Å². The normalized spacial score (nSPS) is 21.2. The zero-order valence-corrected chi connectivity index (χ0v) is 16.4. The summed E-state index contributed by atoms with van der Waals surface area (Å²) in [6, 6.07) is 19.1. The first-order valence-corrected chi connectivity index (χ1v) is 10.3. The first-order valence-electron chi connectivity index (χ1n) is 9.97. The van der Waals surface area contributed by atoms with Crippen molar-refractivity contribution in [1.82, 2.24) is 9.38 Å². The fourth-order valence-electron chi connectivity index (χ4n) is 4.72. The molecule has 0 unspecified atom stereocenters. The molecule has 4 aromatic rings. The van der Waals surface area contributed by atoms with Gasteiger partial charge in [0.1, 0.15) is 0 Å². The van der Waals surface area contributed by atoms with E-state index in [0.29, 0.717) is 10.9 Å². The molecule has 0 radical (unpaired) electrons. The van der Waals surface area contributed by atoms with Gasteiger partial charge in [0.2, 0.25) is 0 Å². The summed E-state index contributed by atoms with van der Waals surface area (Å²) in [7, 11) is 0. The average Bonchev–Trinajstić information content (AvgIpc) is 3.21. The Balaban J connectivity index is 1.34. The topological polar surface area (TPSA) is 37.5 Å². The van der Waals surface area contributed by atoms with E-state index in [9.17, 15) is 5.11 Å². The van der Waals surface area contributed by atoms with Crippen molar-refractivity contribution < 1.29 is 5.11 Å². The lowest BCUT2D eigenvalue weighted by atomic mass is 9.76. The van der Waals surface area contributed by atoms with Gasteiger partial charge in [-0.2, -0.15) is 0 Å². The first-order chi connectivity index (χ1) is 13.7. The molecule has 1 N–H and O–H groups in total. The highest BCUT2D eigenvalue weighted by molar-refractivity contribution is 6.31. The number of rotatable bonds is 3. The van der Waals surface area contributed by atoms with Crippen LogP contribution in [-0.2, 0) is 0 Å². The lowest BCUT2D eigenvalue weighted by Crippen LogP contribution is -2.21. The number of aliphatic hydroxyl groups excluding tert-OH is 1. The van der Waals surface area contributed by atoms with E-state index < -0.39 is 6.10 Å². The van der Waals surface area contributed by atoms with Gasteiger partial charge < -0.3 is 9.51 Å². The minimum atomic E-state index is -0.520. The Kier molecular flexibility index (Phi) is 4.58. The molecule has 2 aromatic carbocycles. The Morgan fingerprint density at radius 1 is 0.964 bits per heavy atom. The number of halogens is 1. The molecule has 142 valence electrons. The van der Waals surface area contributed by atoms with Crippen molar-refractivity contribution >= 4 is 27.9 Å². The van der Waals surface area contributed by atoms with Crippen LogP contribution >= 0.6 is 11.6 Å². The summed E-state index contributed by atoms with van der Waals surface area (Å²) in [5, 5.41) is 14.3. The molecule has 5 rings (SSSR count). The third-order valence-electron chi connectivity index (χ3n) is 6.28. The lowest BCUT2D eigenvalue weighted by molar-refractivity contribution is 0.0763. The zero-order chi connectivity index (χ0) is 19.1. The van der Waals surface area contributed by atoms with E-state index >= 15 is 0 Å². The van der Waals surface area contributed by atoms with Crippen molar-refractivity contribution in [2.24, 2.45) is 5.92 Å². The number of imidazole rings is 1. The van der Waals surface area contributed by atoms with Crippen LogP contribution in [0.2, 0.25) is 5.02 Å². The van der Waals surface area contributed by atoms with Crippen molar-refractivity contribution in [1.29, 1.82) is 0 Å². The third-order valence-corrected chi connectivity index (χ3v) is 6.50. The van der Waals surface area contributed by atoms with Gasteiger partial charge in [-0.05, 0) is 66.0 Å². The van der Waals surface area contributed by atoms with Gasteiger partial charge in [0.25, 0.3) is 0 Å². The number of hydrogen-bond donors (Lipinski definition) is 1. The second-order valence-electron chi connectivity index (χ2n) is 7.95. The number of hydrogen-bond acceptors (Lipinski definition) is 2. The summed E-state index contributed by atoms with van der Waals surface area (Å²) in [5.74, 6) is 0.821. The van der Waals surface area contributed by atoms with Gasteiger partial charge >= 0.3 is 0 Å². The molecule has 0 saturated heterocycles. The quantitative estimate of drug-likeness (QED) is 0.455. The highest BCUT2D eigenvalue weighted by Gasteiger charge is 2.29. The molecular formula is C24H23ClN2O. The largest absolute Gasteiger partial charge is 0.387 e. The van der Waals surface area contributed by atoms with Crippen LogP contribution in [0.1, 0.15) is 49.0 Å². The number of benzene rings is 2. The molecular weight excluding hydrogens is 368 g/mol. The minimum Gasteiger partial charge on any atom is -0.387 e. The summed E-state index contributed by atoms with van der Waals surface area (Å²) >= 11 is 6.26. The van der Waals surface area contributed by atoms with Gasteiger partial charge in [0.05, 0.1) is 29.8 Å². The fraction of sp³-hybridized carbons (Fsp3) is 0.292. The van der Waals surface area contributed by atoms with Crippen molar-refractivity contribution in [3.8, 4) is 0 Å². The van der Waals surface area contributed by atoms with Crippen molar-refractivity contribution in [3.63, 3.8) is 0 Å². The van der Waals surface area contributed by atoms with Gasteiger partial charge in [0.15, 0.2) is 0 Å². The zero-order valence-electron chi connectivity index (χ0n) is 15.6. The van der Waals surface area contributed by atoms with Crippen LogP contribution in [0.15, 0.2) is 67.1 Å². The van der Waals surface area contributed by atoms with E-state index in [-0.39, 0.29) is 5.92 Å². The summed E-state index contributed by atoms with van der Waals surface area (Å²) in [6.45, 7) is 0. The minimum absolute atomic E-state index is 0.251. The second kappa shape index (κ2) is 7.23. The van der Waals surface area contributed by atoms with Crippen LogP contribution in [0.25, 0.3) is 16.3 Å². The first kappa shape index (κ1) is 17.7. The average molecular weight is 391 g/mol. The Bertz CT molecular complexity index is 1130. The molecule has 2 heterocycles. The molecule has 28 heavy (non-hydrogen) atoms. The molecule has 0 bridgehead atoms. The van der Waals surface area contributed by atoms with E-state index in [0.717, 1.165) is 36.9 Å². The maximum atomic E-state index is 11.1. The van der Waals surface area contributed by atoms with E-state index in [1.165, 1.54) is 16.3 Å². The summed E-state index contributed by atoms with van der Waals surface area (Å²) in [5.41, 5.74) is 3.19. The van der Waals surface area contributed by atoms with E-state index in [2.05, 4.69) is 47.4 Å². The Morgan fingerprint density at radius 3 is 2.57 bits per heavy atom. The molecule has 0 aliphatic heterocycles. The molecule has 1 aliphatic carbocycles. The molecule has 1 atom stereocenters. The predicted molar refractivity (Wildman–Crippen MR) is 114 cm³/mol. The second-order valence-corrected chi connectivity index (χ2v) is 8.39. The van der Waals surface area contributed by atoms with Gasteiger partial charge in [-0.3, -0.25) is 0 Å². The van der Waals surface area contributed by atoms with Crippen LogP contribution in [-0.4, -0.2) is 14.5 Å². The van der Waals surface area contributed by atoms with E-state index in [1.807, 2.05) is 16.5 Å². The van der Waals surface area contributed by atoms with E-state index in [4.69, 9.17) is 11.6 Å². The molecule has 2 aromatic heterocycles. The molecule has 0 spiro atoms. The molecule has 1 saturated carbocycles. The molecule has 0 amide bonds. The maximum absolute atomic E-state index is 11.1. The summed E-state index contributed by atoms with van der Waals surface area (Å²) in [6.07, 6.45) is 7.25. The van der Waals surface area contributed by atoms with Crippen molar-refractivity contribution in [2.45, 2.75) is 37.7 Å². The SMILES string of the molecule is O[C@@H](c1cc(Cl)cc2cncn12)C1CCC(c2ccc3ccccc3c2)CC1. The highest BCUT2D eigenvalue weighted by Crippen LogP contribution is 2.41. The molecule has 4 heteroatoms. The van der Waals surface area contributed by atoms with Crippen molar-refractivity contribution in [2.75, 3.05) is 0 Å². The number of aromatic nitrogens is 2. The van der Waals surface area contributed by atoms with Gasteiger partial charge in [0, 0.05) is 5.02 Å². The summed E-state index contributed by atoms with van der Waals surface area (Å²) < 4.78 is 1.95. The Morgan fingerprint density at radius 2 is 1.75 bits per heavy atom. The fourth-order valence-corrected chi connectivity index (χ4v) is 4.94. The number of aliphatic hydroxyl groups is 1. The van der Waals surface area contributed by atoms with Gasteiger partial charge in [-0.15, -0.1) is 0 Å². The third kappa shape index (κ3) is 3.19. The monoisotopic (exact) mass is 390 g/mol. The van der Waals surface area contributed by atoms with Gasteiger partial charge in [-0.1, -0.05) is 54.1 Å². The highest BCUT2D eigenvalue weighted by atomic mass is 35.5. The molecule has 1 fully saturated rings.